The van der Waals surface area contributed by atoms with E-state index in [1.807, 2.05) is 20.8 Å². The monoisotopic (exact) mass is 313 g/mol. The van der Waals surface area contributed by atoms with E-state index in [0.717, 1.165) is 16.8 Å². The van der Waals surface area contributed by atoms with Crippen molar-refractivity contribution in [3.8, 4) is 0 Å². The summed E-state index contributed by atoms with van der Waals surface area (Å²) in [5.74, 6) is -0.554. The number of hydrogen-bond acceptors (Lipinski definition) is 3. The van der Waals surface area contributed by atoms with E-state index in [0.29, 0.717) is 5.56 Å². The zero-order valence-corrected chi connectivity index (χ0v) is 13.5. The molecule has 0 saturated heterocycles. The van der Waals surface area contributed by atoms with Crippen LogP contribution in [0.5, 0.6) is 0 Å². The first kappa shape index (κ1) is 16.7. The van der Waals surface area contributed by atoms with Crippen LogP contribution in [0, 0.1) is 26.6 Å². The molecule has 0 heterocycles. The number of nitrogens with zero attached hydrogens (tertiary/aromatic N) is 1. The highest BCUT2D eigenvalue weighted by atomic mass is 19.1. The molecule has 0 saturated carbocycles. The van der Waals surface area contributed by atoms with Crippen LogP contribution in [0.4, 0.5) is 10.1 Å². The molecule has 0 spiro atoms. The fourth-order valence-corrected chi connectivity index (χ4v) is 2.39. The highest BCUT2D eigenvalue weighted by Crippen LogP contribution is 2.21. The molecule has 0 radical (unpaired) electrons. The fourth-order valence-electron chi connectivity index (χ4n) is 2.39. The lowest BCUT2D eigenvalue weighted by Crippen LogP contribution is -2.26. The first-order valence-corrected chi connectivity index (χ1v) is 7.35. The Morgan fingerprint density at radius 2 is 1.74 bits per heavy atom. The zero-order valence-electron chi connectivity index (χ0n) is 13.5. The number of anilines is 1. The van der Waals surface area contributed by atoms with Crippen LogP contribution in [0.1, 0.15) is 22.3 Å². The van der Waals surface area contributed by atoms with Gasteiger partial charge in [0, 0.05) is 5.69 Å². The zero-order chi connectivity index (χ0) is 16.8. The third kappa shape index (κ3) is 4.92. The van der Waals surface area contributed by atoms with Gasteiger partial charge in [-0.25, -0.2) is 9.82 Å². The number of hydrazone groups is 1. The molecule has 2 rings (SSSR count). The molecule has 0 aliphatic rings. The first-order valence-electron chi connectivity index (χ1n) is 7.35. The molecule has 1 amide bonds. The third-order valence-electron chi connectivity index (χ3n) is 3.38. The van der Waals surface area contributed by atoms with E-state index < -0.39 is 0 Å². The number of nitrogens with one attached hydrogen (secondary N) is 2. The molecule has 2 aromatic rings. The standard InChI is InChI=1S/C18H20FN3O/c1-12-8-13(2)18(14(3)9-12)20-11-17(23)22-21-10-15-4-6-16(19)7-5-15/h4-10,20H,11H2,1-3H3,(H,22,23)/b21-10-. The van der Waals surface area contributed by atoms with Crippen LogP contribution in [0.3, 0.4) is 0 Å². The molecule has 0 atom stereocenters. The molecular formula is C18H20FN3O. The summed E-state index contributed by atoms with van der Waals surface area (Å²) in [4.78, 5) is 11.8. The first-order chi connectivity index (χ1) is 11.0. The quantitative estimate of drug-likeness (QED) is 0.657. The lowest BCUT2D eigenvalue weighted by molar-refractivity contribution is -0.119. The van der Waals surface area contributed by atoms with Crippen molar-refractivity contribution in [2.24, 2.45) is 5.10 Å². The van der Waals surface area contributed by atoms with Gasteiger partial charge in [-0.3, -0.25) is 4.79 Å². The summed E-state index contributed by atoms with van der Waals surface area (Å²) >= 11 is 0. The highest BCUT2D eigenvalue weighted by molar-refractivity contribution is 5.84. The smallest absolute Gasteiger partial charge is 0.259 e. The van der Waals surface area contributed by atoms with Gasteiger partial charge in [0.25, 0.3) is 5.91 Å². The Bertz CT molecular complexity index is 701. The minimum absolute atomic E-state index is 0.130. The molecule has 0 bridgehead atoms. The van der Waals surface area contributed by atoms with Crippen molar-refractivity contribution >= 4 is 17.8 Å². The van der Waals surface area contributed by atoms with Crippen LogP contribution in [0.25, 0.3) is 0 Å². The van der Waals surface area contributed by atoms with E-state index in [1.54, 1.807) is 12.1 Å². The van der Waals surface area contributed by atoms with E-state index >= 15 is 0 Å². The SMILES string of the molecule is Cc1cc(C)c(NCC(=O)N/N=C\c2ccc(F)cc2)c(C)c1. The second kappa shape index (κ2) is 7.54. The van der Waals surface area contributed by atoms with E-state index in [4.69, 9.17) is 0 Å². The molecule has 2 N–H and O–H groups in total. The van der Waals surface area contributed by atoms with Crippen molar-refractivity contribution in [2.45, 2.75) is 20.8 Å². The normalized spacial score (nSPS) is 10.8. The Morgan fingerprint density at radius 3 is 2.35 bits per heavy atom. The number of amides is 1. The Morgan fingerprint density at radius 1 is 1.13 bits per heavy atom. The molecule has 4 nitrogen and oxygen atoms in total. The van der Waals surface area contributed by atoms with E-state index in [-0.39, 0.29) is 18.3 Å². The largest absolute Gasteiger partial charge is 0.376 e. The number of halogens is 1. The van der Waals surface area contributed by atoms with E-state index in [9.17, 15) is 9.18 Å². The van der Waals surface area contributed by atoms with Gasteiger partial charge in [0.15, 0.2) is 0 Å². The van der Waals surface area contributed by atoms with E-state index in [1.165, 1.54) is 23.9 Å². The van der Waals surface area contributed by atoms with Gasteiger partial charge in [0.05, 0.1) is 12.8 Å². The third-order valence-corrected chi connectivity index (χ3v) is 3.38. The Kier molecular flexibility index (Phi) is 5.46. The van der Waals surface area contributed by atoms with Crippen LogP contribution in [-0.4, -0.2) is 18.7 Å². The number of aryl methyl sites for hydroxylation is 3. The summed E-state index contributed by atoms with van der Waals surface area (Å²) < 4.78 is 12.8. The Balaban J connectivity index is 1.87. The van der Waals surface area contributed by atoms with Crippen molar-refractivity contribution in [3.63, 3.8) is 0 Å². The van der Waals surface area contributed by atoms with Gasteiger partial charge in [-0.15, -0.1) is 0 Å². The second-order valence-corrected chi connectivity index (χ2v) is 5.47. The van der Waals surface area contributed by atoms with Gasteiger partial charge in [-0.1, -0.05) is 29.8 Å². The van der Waals surface area contributed by atoms with Gasteiger partial charge in [0.1, 0.15) is 5.82 Å². The molecule has 0 aromatic heterocycles. The van der Waals surface area contributed by atoms with Crippen LogP contribution in [-0.2, 0) is 4.79 Å². The Labute approximate surface area is 135 Å². The number of benzene rings is 2. The van der Waals surface area contributed by atoms with Crippen LogP contribution < -0.4 is 10.7 Å². The molecule has 0 aliphatic heterocycles. The average molecular weight is 313 g/mol. The number of hydrogen-bond donors (Lipinski definition) is 2. The van der Waals surface area contributed by atoms with Gasteiger partial charge in [-0.05, 0) is 49.6 Å². The van der Waals surface area contributed by atoms with Crippen molar-refractivity contribution in [3.05, 3.63) is 64.5 Å². The molecule has 0 fully saturated rings. The maximum atomic E-state index is 12.8. The lowest BCUT2D eigenvalue weighted by atomic mass is 10.1. The minimum atomic E-state index is -0.306. The summed E-state index contributed by atoms with van der Waals surface area (Å²) in [5, 5.41) is 6.98. The molecule has 120 valence electrons. The summed E-state index contributed by atoms with van der Waals surface area (Å²) in [6, 6.07) is 9.99. The summed E-state index contributed by atoms with van der Waals surface area (Å²) in [6.07, 6.45) is 1.47. The molecule has 0 unspecified atom stereocenters. The van der Waals surface area contributed by atoms with Crippen LogP contribution >= 0.6 is 0 Å². The summed E-state index contributed by atoms with van der Waals surface area (Å²) in [5.41, 5.74) is 7.52. The minimum Gasteiger partial charge on any atom is -0.376 e. The number of carbonyl (C=O) groups excluding carboxylic acids is 1. The fraction of sp³-hybridized carbons (Fsp3) is 0.222. The summed E-state index contributed by atoms with van der Waals surface area (Å²) in [7, 11) is 0. The average Bonchev–Trinajstić information content (AvgIpc) is 2.48. The van der Waals surface area contributed by atoms with Crippen LogP contribution in [0.2, 0.25) is 0 Å². The number of rotatable bonds is 5. The van der Waals surface area contributed by atoms with Crippen molar-refractivity contribution in [1.82, 2.24) is 5.43 Å². The lowest BCUT2D eigenvalue weighted by Gasteiger charge is -2.13. The molecule has 23 heavy (non-hydrogen) atoms. The maximum Gasteiger partial charge on any atom is 0.259 e. The van der Waals surface area contributed by atoms with Crippen molar-refractivity contribution in [2.75, 3.05) is 11.9 Å². The topological polar surface area (TPSA) is 53.5 Å². The maximum absolute atomic E-state index is 12.8. The molecular weight excluding hydrogens is 293 g/mol. The summed E-state index contributed by atoms with van der Waals surface area (Å²) in [6.45, 7) is 6.19. The second-order valence-electron chi connectivity index (χ2n) is 5.47. The highest BCUT2D eigenvalue weighted by Gasteiger charge is 2.05. The predicted molar refractivity (Wildman–Crippen MR) is 91.3 cm³/mol. The van der Waals surface area contributed by atoms with Gasteiger partial charge < -0.3 is 5.32 Å². The number of carbonyl (C=O) groups is 1. The molecule has 2 aromatic carbocycles. The Hall–Kier alpha value is -2.69. The van der Waals surface area contributed by atoms with Gasteiger partial charge in [-0.2, -0.15) is 5.10 Å². The van der Waals surface area contributed by atoms with Gasteiger partial charge >= 0.3 is 0 Å². The molecule has 5 heteroatoms. The van der Waals surface area contributed by atoms with E-state index in [2.05, 4.69) is 28.0 Å². The molecule has 0 aliphatic carbocycles. The van der Waals surface area contributed by atoms with Crippen LogP contribution in [0.15, 0.2) is 41.5 Å². The van der Waals surface area contributed by atoms with Crippen molar-refractivity contribution in [1.29, 1.82) is 0 Å². The van der Waals surface area contributed by atoms with Gasteiger partial charge in [0.2, 0.25) is 0 Å². The van der Waals surface area contributed by atoms with Crippen molar-refractivity contribution < 1.29 is 9.18 Å². The predicted octanol–water partition coefficient (Wildman–Crippen LogP) is 3.31.